The molecule has 4 rings (SSSR count). The van der Waals surface area contributed by atoms with Crippen molar-refractivity contribution in [3.63, 3.8) is 0 Å². The second kappa shape index (κ2) is 8.63. The van der Waals surface area contributed by atoms with E-state index in [2.05, 4.69) is 14.9 Å². The van der Waals surface area contributed by atoms with Crippen molar-refractivity contribution in [2.75, 3.05) is 12.4 Å². The number of hydrogen-bond donors (Lipinski definition) is 1. The first-order valence-corrected chi connectivity index (χ1v) is 12.4. The predicted molar refractivity (Wildman–Crippen MR) is 124 cm³/mol. The molecule has 9 heteroatoms. The molecule has 1 aliphatic rings. The average molecular weight is 456 g/mol. The monoisotopic (exact) mass is 455 g/mol. The van der Waals surface area contributed by atoms with Gasteiger partial charge in [0.2, 0.25) is 10.0 Å². The molecule has 1 aliphatic heterocycles. The summed E-state index contributed by atoms with van der Waals surface area (Å²) in [6.45, 7) is 6.38. The summed E-state index contributed by atoms with van der Waals surface area (Å²) in [6.07, 6.45) is 4.22. The third kappa shape index (κ3) is 4.14. The fraction of sp³-hybridized carbons (Fsp3) is 0.435. The number of nitrogens with one attached hydrogen (secondary N) is 1. The van der Waals surface area contributed by atoms with Gasteiger partial charge in [0, 0.05) is 37.4 Å². The van der Waals surface area contributed by atoms with E-state index >= 15 is 0 Å². The number of aromatic nitrogens is 3. The molecule has 0 radical (unpaired) electrons. The Kier molecular flexibility index (Phi) is 6.05. The highest BCUT2D eigenvalue weighted by atomic mass is 32.2. The molecule has 3 aromatic rings. The van der Waals surface area contributed by atoms with Gasteiger partial charge in [-0.15, -0.1) is 0 Å². The van der Waals surface area contributed by atoms with Crippen LogP contribution in [0.4, 0.5) is 5.69 Å². The van der Waals surface area contributed by atoms with Gasteiger partial charge in [-0.1, -0.05) is 6.42 Å². The lowest BCUT2D eigenvalue weighted by molar-refractivity contribution is 0.102. The summed E-state index contributed by atoms with van der Waals surface area (Å²) < 4.78 is 28.8. The van der Waals surface area contributed by atoms with Crippen molar-refractivity contribution >= 4 is 32.8 Å². The molecule has 0 unspecified atom stereocenters. The van der Waals surface area contributed by atoms with E-state index in [0.29, 0.717) is 16.8 Å². The Morgan fingerprint density at radius 2 is 1.84 bits per heavy atom. The fourth-order valence-corrected chi connectivity index (χ4v) is 5.31. The van der Waals surface area contributed by atoms with Crippen LogP contribution in [0.25, 0.3) is 11.2 Å². The van der Waals surface area contributed by atoms with Gasteiger partial charge >= 0.3 is 0 Å². The molecule has 0 saturated heterocycles. The molecule has 1 amide bonds. The zero-order chi connectivity index (χ0) is 23.0. The average Bonchev–Trinajstić information content (AvgIpc) is 2.93. The van der Waals surface area contributed by atoms with Gasteiger partial charge in [0.1, 0.15) is 11.3 Å². The van der Waals surface area contributed by atoms with E-state index in [4.69, 9.17) is 4.98 Å². The van der Waals surface area contributed by atoms with Gasteiger partial charge in [-0.3, -0.25) is 4.79 Å². The summed E-state index contributed by atoms with van der Waals surface area (Å²) in [5.74, 6) is 0.692. The molecule has 0 spiro atoms. The Hall–Kier alpha value is -2.78. The highest BCUT2D eigenvalue weighted by Gasteiger charge is 2.24. The number of carbonyl (C=O) groups is 1. The molecule has 1 aromatic carbocycles. The van der Waals surface area contributed by atoms with E-state index in [-0.39, 0.29) is 16.8 Å². The molecule has 1 N–H and O–H groups in total. The quantitative estimate of drug-likeness (QED) is 0.632. The van der Waals surface area contributed by atoms with Crippen LogP contribution < -0.4 is 5.32 Å². The minimum absolute atomic E-state index is 0.151. The second-order valence-corrected chi connectivity index (χ2v) is 10.6. The SMILES string of the molecule is Cc1cc(C(=O)Nc2ccc(S(=O)(=O)N(C)C(C)C)cc2)c2nc3n(c2n1)CCCCC3. The summed E-state index contributed by atoms with van der Waals surface area (Å²) in [5, 5.41) is 2.88. The smallest absolute Gasteiger partial charge is 0.258 e. The summed E-state index contributed by atoms with van der Waals surface area (Å²) in [4.78, 5) is 22.7. The molecule has 170 valence electrons. The van der Waals surface area contributed by atoms with Gasteiger partial charge in [-0.25, -0.2) is 18.4 Å². The normalized spacial score (nSPS) is 14.6. The minimum Gasteiger partial charge on any atom is -0.322 e. The lowest BCUT2D eigenvalue weighted by Gasteiger charge is -2.21. The standard InChI is InChI=1S/C23H29N5O3S/c1-15(2)27(4)32(30,31)18-11-9-17(10-12-18)25-23(29)19-14-16(3)24-22-21(19)26-20-8-6-5-7-13-28(20)22/h9-12,14-15H,5-8,13H2,1-4H3,(H,25,29). The predicted octanol–water partition coefficient (Wildman–Crippen LogP) is 3.75. The highest BCUT2D eigenvalue weighted by molar-refractivity contribution is 7.89. The van der Waals surface area contributed by atoms with E-state index in [1.807, 2.05) is 20.8 Å². The third-order valence-electron chi connectivity index (χ3n) is 5.95. The van der Waals surface area contributed by atoms with Gasteiger partial charge in [0.05, 0.1) is 10.5 Å². The number of aryl methyl sites for hydroxylation is 3. The number of nitrogens with zero attached hydrogens (tertiary/aromatic N) is 4. The number of amides is 1. The molecular formula is C23H29N5O3S. The van der Waals surface area contributed by atoms with Gasteiger partial charge in [-0.05, 0) is 63.9 Å². The summed E-state index contributed by atoms with van der Waals surface area (Å²) in [5.41, 5.74) is 3.12. The number of pyridine rings is 1. The van der Waals surface area contributed by atoms with Crippen molar-refractivity contribution in [1.82, 2.24) is 18.8 Å². The largest absolute Gasteiger partial charge is 0.322 e. The van der Waals surface area contributed by atoms with E-state index in [9.17, 15) is 13.2 Å². The number of imidazole rings is 1. The summed E-state index contributed by atoms with van der Waals surface area (Å²) in [7, 11) is -2.02. The molecule has 0 aliphatic carbocycles. The Balaban J connectivity index is 1.62. The van der Waals surface area contributed by atoms with Crippen molar-refractivity contribution < 1.29 is 13.2 Å². The maximum Gasteiger partial charge on any atom is 0.258 e. The lowest BCUT2D eigenvalue weighted by atomic mass is 10.1. The van der Waals surface area contributed by atoms with Crippen molar-refractivity contribution in [1.29, 1.82) is 0 Å². The first-order chi connectivity index (χ1) is 15.2. The second-order valence-electron chi connectivity index (χ2n) is 8.57. The highest BCUT2D eigenvalue weighted by Crippen LogP contribution is 2.25. The van der Waals surface area contributed by atoms with Gasteiger partial charge < -0.3 is 9.88 Å². The van der Waals surface area contributed by atoms with Crippen LogP contribution in [0.1, 0.15) is 55.0 Å². The third-order valence-corrected chi connectivity index (χ3v) is 8.00. The van der Waals surface area contributed by atoms with Crippen LogP contribution in [0.5, 0.6) is 0 Å². The molecule has 3 heterocycles. The molecule has 0 fully saturated rings. The fourth-order valence-electron chi connectivity index (χ4n) is 3.94. The number of carbonyl (C=O) groups excluding carboxylic acids is 1. The first kappa shape index (κ1) is 22.4. The molecule has 2 aromatic heterocycles. The van der Waals surface area contributed by atoms with Gasteiger partial charge in [0.15, 0.2) is 5.65 Å². The van der Waals surface area contributed by atoms with E-state index in [1.54, 1.807) is 25.2 Å². The van der Waals surface area contributed by atoms with Crippen LogP contribution >= 0.6 is 0 Å². The van der Waals surface area contributed by atoms with Crippen LogP contribution in [-0.2, 0) is 23.0 Å². The number of fused-ring (bicyclic) bond motifs is 3. The maximum atomic E-state index is 13.1. The van der Waals surface area contributed by atoms with Gasteiger partial charge in [-0.2, -0.15) is 4.31 Å². The van der Waals surface area contributed by atoms with Crippen molar-refractivity contribution in [3.8, 4) is 0 Å². The van der Waals surface area contributed by atoms with E-state index in [1.165, 1.54) is 22.9 Å². The zero-order valence-corrected chi connectivity index (χ0v) is 19.7. The molecule has 32 heavy (non-hydrogen) atoms. The van der Waals surface area contributed by atoms with Crippen LogP contribution in [0.15, 0.2) is 35.2 Å². The topological polar surface area (TPSA) is 97.2 Å². The van der Waals surface area contributed by atoms with Crippen molar-refractivity contribution in [2.45, 2.75) is 63.9 Å². The Bertz CT molecular complexity index is 1260. The van der Waals surface area contributed by atoms with Crippen molar-refractivity contribution in [2.24, 2.45) is 0 Å². The zero-order valence-electron chi connectivity index (χ0n) is 18.9. The Morgan fingerprint density at radius 1 is 1.12 bits per heavy atom. The molecular weight excluding hydrogens is 426 g/mol. The maximum absolute atomic E-state index is 13.1. The summed E-state index contributed by atoms with van der Waals surface area (Å²) >= 11 is 0. The number of sulfonamides is 1. The number of benzene rings is 1. The molecule has 8 nitrogen and oxygen atoms in total. The number of hydrogen-bond acceptors (Lipinski definition) is 5. The molecule has 0 saturated carbocycles. The molecule has 0 bridgehead atoms. The van der Waals surface area contributed by atoms with Crippen LogP contribution in [0.3, 0.4) is 0 Å². The van der Waals surface area contributed by atoms with Gasteiger partial charge in [0.25, 0.3) is 5.91 Å². The van der Waals surface area contributed by atoms with Crippen LogP contribution in [0.2, 0.25) is 0 Å². The Morgan fingerprint density at radius 3 is 2.53 bits per heavy atom. The van der Waals surface area contributed by atoms with Crippen molar-refractivity contribution in [3.05, 3.63) is 47.4 Å². The lowest BCUT2D eigenvalue weighted by Crippen LogP contribution is -2.33. The number of rotatable bonds is 5. The van der Waals surface area contributed by atoms with E-state index in [0.717, 1.165) is 43.0 Å². The number of anilines is 1. The van der Waals surface area contributed by atoms with Crippen LogP contribution in [0, 0.1) is 6.92 Å². The first-order valence-electron chi connectivity index (χ1n) is 10.9. The molecule has 0 atom stereocenters. The van der Waals surface area contributed by atoms with Crippen LogP contribution in [-0.4, -0.2) is 46.3 Å². The Labute approximate surface area is 188 Å². The van der Waals surface area contributed by atoms with E-state index < -0.39 is 10.0 Å². The minimum atomic E-state index is -3.58. The summed E-state index contributed by atoms with van der Waals surface area (Å²) in [6, 6.07) is 7.83.